The summed E-state index contributed by atoms with van der Waals surface area (Å²) in [5.74, 6) is 0. The first-order valence-electron chi connectivity index (χ1n) is 38.4. The monoisotopic (exact) mass is 1400 g/mol. The van der Waals surface area contributed by atoms with Crippen LogP contribution in [0, 0.1) is 0 Å². The third-order valence-corrected chi connectivity index (χ3v) is 22.4. The highest BCUT2D eigenvalue weighted by Crippen LogP contribution is 2.57. The number of benzene rings is 16. The van der Waals surface area contributed by atoms with Crippen molar-refractivity contribution in [3.8, 4) is 55.6 Å². The van der Waals surface area contributed by atoms with Crippen molar-refractivity contribution in [2.75, 3.05) is 19.6 Å². The molecule has 2 aliphatic rings. The third kappa shape index (κ3) is 12.2. The standard InChI is InChI=1S/C104H87BN4/c1-102(2,3)75-63-87(70-38-18-10-19-39-70)100(88(64-75)71-40-20-11-21-41-71)108-93-62-74(97-83-54-34-36-56-85(83)99(86-57-37-35-55-84(86)97)107(80-50-30-16-31-51-80)81-52-32-17-33-53-81)58-60-91(93)105-92-61-59-82(106(78-46-26-14-27-47-78)79-48-28-15-29-49-79)69-94(92)109(96-68-77(104(7,8)9)67-95(108)98(96)105)101-89(72-42-22-12-23-43-72)65-76(103(4,5)6)66-90(101)73-44-24-13-25-45-73/h10-69H,1-9H3. The highest BCUT2D eigenvalue weighted by molar-refractivity contribution is 7.00. The molecular formula is C104H87BN4. The SMILES string of the molecule is CC(C)(C)c1cc(-c2ccccc2)c(N2c3cc(-c4c5ccccc5c(N(c5ccccc5)c5ccccc5)c5ccccc45)ccc3B3c4ccc(N(c5ccccc5)c5ccccc5)cc4N(c4c(-c5ccccc5)cc(C(C)(C)C)cc4-c4ccccc4)c4cc(C(C)(C)C)cc2c43)c(-c2ccccc2)c1. The fraction of sp³-hybridized carbons (Fsp3) is 0.115. The lowest BCUT2D eigenvalue weighted by Crippen LogP contribution is -2.61. The van der Waals surface area contributed by atoms with E-state index in [2.05, 4.69) is 446 Å². The van der Waals surface area contributed by atoms with Crippen LogP contribution in [0.1, 0.15) is 79.0 Å². The van der Waals surface area contributed by atoms with Crippen LogP contribution in [0.4, 0.5) is 68.2 Å². The highest BCUT2D eigenvalue weighted by atomic mass is 15.2. The van der Waals surface area contributed by atoms with E-state index in [0.29, 0.717) is 0 Å². The van der Waals surface area contributed by atoms with Crippen LogP contribution in [0.2, 0.25) is 0 Å². The van der Waals surface area contributed by atoms with Crippen molar-refractivity contribution in [3.63, 3.8) is 0 Å². The summed E-state index contributed by atoms with van der Waals surface area (Å²) in [6, 6.07) is 137. The van der Waals surface area contributed by atoms with Gasteiger partial charge in [-0.2, -0.15) is 0 Å². The minimum absolute atomic E-state index is 0.204. The molecule has 0 unspecified atom stereocenters. The predicted molar refractivity (Wildman–Crippen MR) is 468 cm³/mol. The number of anilines is 12. The zero-order valence-corrected chi connectivity index (χ0v) is 63.5. The predicted octanol–water partition coefficient (Wildman–Crippen LogP) is 27.2. The van der Waals surface area contributed by atoms with Gasteiger partial charge in [0.25, 0.3) is 6.71 Å². The lowest BCUT2D eigenvalue weighted by atomic mass is 9.33. The second-order valence-electron chi connectivity index (χ2n) is 32.4. The van der Waals surface area contributed by atoms with Crippen LogP contribution < -0.4 is 36.0 Å². The maximum absolute atomic E-state index is 2.74. The van der Waals surface area contributed by atoms with Crippen molar-refractivity contribution in [1.29, 1.82) is 0 Å². The van der Waals surface area contributed by atoms with Crippen molar-refractivity contribution in [1.82, 2.24) is 0 Å². The van der Waals surface area contributed by atoms with Crippen molar-refractivity contribution >= 4 is 113 Å². The van der Waals surface area contributed by atoms with Gasteiger partial charge in [0.1, 0.15) is 0 Å². The van der Waals surface area contributed by atoms with Gasteiger partial charge in [0.15, 0.2) is 0 Å². The van der Waals surface area contributed by atoms with Gasteiger partial charge in [-0.1, -0.05) is 323 Å². The van der Waals surface area contributed by atoms with Gasteiger partial charge >= 0.3 is 0 Å². The second kappa shape index (κ2) is 27.3. The lowest BCUT2D eigenvalue weighted by molar-refractivity contribution is 0.590. The molecule has 0 N–H and O–H groups in total. The van der Waals surface area contributed by atoms with Gasteiger partial charge in [-0.15, -0.1) is 0 Å². The molecule has 0 radical (unpaired) electrons. The molecular weight excluding hydrogens is 1320 g/mol. The van der Waals surface area contributed by atoms with E-state index in [1.807, 2.05) is 0 Å². The number of hydrogen-bond acceptors (Lipinski definition) is 4. The average Bonchev–Trinajstić information content (AvgIpc) is 0.684. The molecule has 109 heavy (non-hydrogen) atoms. The number of hydrogen-bond donors (Lipinski definition) is 0. The molecule has 526 valence electrons. The Morgan fingerprint density at radius 1 is 0.239 bits per heavy atom. The molecule has 0 atom stereocenters. The molecule has 0 amide bonds. The van der Waals surface area contributed by atoms with Crippen molar-refractivity contribution in [3.05, 3.63) is 381 Å². The molecule has 2 aliphatic heterocycles. The summed E-state index contributed by atoms with van der Waals surface area (Å²) < 4.78 is 0. The first-order chi connectivity index (χ1) is 53.0. The van der Waals surface area contributed by atoms with Crippen LogP contribution in [-0.2, 0) is 16.2 Å². The van der Waals surface area contributed by atoms with E-state index in [0.717, 1.165) is 129 Å². The van der Waals surface area contributed by atoms with Gasteiger partial charge in [-0.05, 0) is 197 Å². The van der Waals surface area contributed by atoms with Crippen LogP contribution in [-0.4, -0.2) is 6.71 Å². The average molecular weight is 1400 g/mol. The Morgan fingerprint density at radius 2 is 0.532 bits per heavy atom. The fourth-order valence-electron chi connectivity index (χ4n) is 17.0. The van der Waals surface area contributed by atoms with Crippen LogP contribution >= 0.6 is 0 Å². The summed E-state index contributed by atoms with van der Waals surface area (Å²) in [7, 11) is 0. The zero-order chi connectivity index (χ0) is 74.3. The zero-order valence-electron chi connectivity index (χ0n) is 63.5. The Kier molecular flexibility index (Phi) is 17.0. The van der Waals surface area contributed by atoms with Crippen LogP contribution in [0.5, 0.6) is 0 Å². The van der Waals surface area contributed by atoms with Gasteiger partial charge in [0.2, 0.25) is 0 Å². The van der Waals surface area contributed by atoms with E-state index in [1.165, 1.54) is 49.4 Å². The van der Waals surface area contributed by atoms with Gasteiger partial charge in [-0.25, -0.2) is 0 Å². The molecule has 0 aromatic heterocycles. The van der Waals surface area contributed by atoms with Crippen LogP contribution in [0.3, 0.4) is 0 Å². The first-order valence-corrected chi connectivity index (χ1v) is 38.4. The van der Waals surface area contributed by atoms with E-state index in [9.17, 15) is 0 Å². The quantitative estimate of drug-likeness (QED) is 0.0842. The molecule has 0 fully saturated rings. The van der Waals surface area contributed by atoms with E-state index < -0.39 is 0 Å². The van der Waals surface area contributed by atoms with Gasteiger partial charge in [0, 0.05) is 84.2 Å². The van der Waals surface area contributed by atoms with Crippen molar-refractivity contribution in [2.24, 2.45) is 0 Å². The number of para-hydroxylation sites is 4. The fourth-order valence-corrected chi connectivity index (χ4v) is 17.0. The van der Waals surface area contributed by atoms with E-state index in [-0.39, 0.29) is 23.0 Å². The largest absolute Gasteiger partial charge is 0.310 e. The topological polar surface area (TPSA) is 13.0 Å². The summed E-state index contributed by atoms with van der Waals surface area (Å²) in [6.45, 7) is 21.1. The maximum Gasteiger partial charge on any atom is 0.252 e. The lowest BCUT2D eigenvalue weighted by Gasteiger charge is -2.47. The number of fused-ring (bicyclic) bond motifs is 6. The van der Waals surface area contributed by atoms with Crippen molar-refractivity contribution < 1.29 is 0 Å². The van der Waals surface area contributed by atoms with E-state index in [1.54, 1.807) is 0 Å². The molecule has 0 aliphatic carbocycles. The Hall–Kier alpha value is -12.7. The number of rotatable bonds is 13. The third-order valence-electron chi connectivity index (χ3n) is 22.4. The number of nitrogens with zero attached hydrogens (tertiary/aromatic N) is 4. The molecule has 0 saturated carbocycles. The molecule has 16 aromatic rings. The summed E-state index contributed by atoms with van der Waals surface area (Å²) in [6.07, 6.45) is 0. The minimum atomic E-state index is -0.353. The molecule has 0 bridgehead atoms. The van der Waals surface area contributed by atoms with E-state index >= 15 is 0 Å². The summed E-state index contributed by atoms with van der Waals surface area (Å²) in [5, 5.41) is 4.67. The molecule has 0 saturated heterocycles. The Morgan fingerprint density at radius 3 is 0.881 bits per heavy atom. The summed E-state index contributed by atoms with van der Waals surface area (Å²) in [4.78, 5) is 10.4. The Labute approximate surface area is 643 Å². The van der Waals surface area contributed by atoms with Crippen molar-refractivity contribution in [2.45, 2.75) is 78.6 Å². The molecule has 18 rings (SSSR count). The van der Waals surface area contributed by atoms with E-state index in [4.69, 9.17) is 0 Å². The second-order valence-corrected chi connectivity index (χ2v) is 32.4. The van der Waals surface area contributed by atoms with Gasteiger partial charge in [0.05, 0.1) is 17.1 Å². The van der Waals surface area contributed by atoms with Gasteiger partial charge < -0.3 is 19.6 Å². The molecule has 0 spiro atoms. The molecule has 4 nitrogen and oxygen atoms in total. The Balaban J connectivity index is 1.02. The smallest absolute Gasteiger partial charge is 0.252 e. The minimum Gasteiger partial charge on any atom is -0.310 e. The highest BCUT2D eigenvalue weighted by Gasteiger charge is 2.47. The Bertz CT molecular complexity index is 5830. The molecule has 16 aromatic carbocycles. The first kappa shape index (κ1) is 68.1. The molecule has 2 heterocycles. The summed E-state index contributed by atoms with van der Waals surface area (Å²) >= 11 is 0. The molecule has 5 heteroatoms. The normalized spacial score (nSPS) is 12.6. The van der Waals surface area contributed by atoms with Crippen LogP contribution in [0.25, 0.3) is 77.2 Å². The summed E-state index contributed by atoms with van der Waals surface area (Å²) in [5.41, 5.74) is 31.5. The maximum atomic E-state index is 2.74. The van der Waals surface area contributed by atoms with Gasteiger partial charge in [-0.3, -0.25) is 0 Å². The van der Waals surface area contributed by atoms with Crippen LogP contribution in [0.15, 0.2) is 364 Å².